The first-order chi connectivity index (χ1) is 14.5. The van der Waals surface area contributed by atoms with Gasteiger partial charge < -0.3 is 9.84 Å². The number of ether oxygens (including phenoxy) is 1. The molecule has 0 spiro atoms. The van der Waals surface area contributed by atoms with Crippen LogP contribution in [0.1, 0.15) is 27.0 Å². The predicted octanol–water partition coefficient (Wildman–Crippen LogP) is 4.83. The van der Waals surface area contributed by atoms with E-state index in [-0.39, 0.29) is 11.4 Å². The van der Waals surface area contributed by atoms with Gasteiger partial charge >= 0.3 is 5.97 Å². The van der Waals surface area contributed by atoms with Gasteiger partial charge in [0.1, 0.15) is 17.9 Å². The number of carboxylic acids is 1. The first-order valence-electron chi connectivity index (χ1n) is 9.54. The monoisotopic (exact) mass is 399 g/mol. The Balaban J connectivity index is 1.72. The van der Waals surface area contributed by atoms with E-state index in [1.165, 1.54) is 10.7 Å². The first kappa shape index (κ1) is 19.4. The Labute approximate surface area is 174 Å². The topological polar surface area (TPSA) is 77.2 Å². The first-order valence-corrected chi connectivity index (χ1v) is 9.54. The van der Waals surface area contributed by atoms with Crippen LogP contribution < -0.4 is 4.74 Å². The van der Waals surface area contributed by atoms with Crippen LogP contribution in [0.25, 0.3) is 16.9 Å². The standard InChI is InChI=1S/C24H21N3O3/c1-16-11-17(2)22(30-15-18-7-4-3-5-8-18)21(12-16)19-13-26-27(14-19)23-20(24(28)29)9-6-10-25-23/h3-14H,15H2,1-2H3,(H,28,29). The summed E-state index contributed by atoms with van der Waals surface area (Å²) >= 11 is 0. The molecule has 4 aromatic rings. The zero-order valence-corrected chi connectivity index (χ0v) is 16.7. The van der Waals surface area contributed by atoms with E-state index in [2.05, 4.69) is 16.1 Å². The number of nitrogens with zero attached hydrogens (tertiary/aromatic N) is 3. The van der Waals surface area contributed by atoms with Crippen molar-refractivity contribution in [3.8, 4) is 22.7 Å². The van der Waals surface area contributed by atoms with E-state index in [1.807, 2.05) is 50.2 Å². The lowest BCUT2D eigenvalue weighted by atomic mass is 10.0. The van der Waals surface area contributed by atoms with E-state index >= 15 is 0 Å². The van der Waals surface area contributed by atoms with Crippen molar-refractivity contribution in [1.29, 1.82) is 0 Å². The number of aryl methyl sites for hydroxylation is 2. The number of carboxylic acid groups (broad SMARTS) is 1. The molecule has 0 unspecified atom stereocenters. The Hall–Kier alpha value is -3.93. The van der Waals surface area contributed by atoms with Crippen LogP contribution in [0.2, 0.25) is 0 Å². The van der Waals surface area contributed by atoms with Crippen LogP contribution in [-0.2, 0) is 6.61 Å². The van der Waals surface area contributed by atoms with E-state index in [4.69, 9.17) is 4.74 Å². The van der Waals surface area contributed by atoms with Gasteiger partial charge in [-0.2, -0.15) is 5.10 Å². The molecule has 0 atom stereocenters. The molecule has 2 aromatic heterocycles. The molecular weight excluding hydrogens is 378 g/mol. The number of pyridine rings is 1. The largest absolute Gasteiger partial charge is 0.488 e. The maximum Gasteiger partial charge on any atom is 0.339 e. The summed E-state index contributed by atoms with van der Waals surface area (Å²) in [6.07, 6.45) is 5.02. The fourth-order valence-electron chi connectivity index (χ4n) is 3.41. The molecule has 0 bridgehead atoms. The fraction of sp³-hybridized carbons (Fsp3) is 0.125. The lowest BCUT2D eigenvalue weighted by Crippen LogP contribution is -2.07. The Morgan fingerprint density at radius 2 is 1.90 bits per heavy atom. The van der Waals surface area contributed by atoms with Gasteiger partial charge in [-0.3, -0.25) is 0 Å². The van der Waals surface area contributed by atoms with E-state index in [0.717, 1.165) is 33.6 Å². The molecule has 30 heavy (non-hydrogen) atoms. The van der Waals surface area contributed by atoms with Gasteiger partial charge in [0.05, 0.1) is 6.20 Å². The third-order valence-electron chi connectivity index (χ3n) is 4.77. The summed E-state index contributed by atoms with van der Waals surface area (Å²) in [4.78, 5) is 15.7. The van der Waals surface area contributed by atoms with Crippen molar-refractivity contribution in [3.63, 3.8) is 0 Å². The quantitative estimate of drug-likeness (QED) is 0.503. The molecule has 0 aliphatic carbocycles. The average molecular weight is 399 g/mol. The second-order valence-electron chi connectivity index (χ2n) is 7.09. The van der Waals surface area contributed by atoms with Gasteiger partial charge in [-0.25, -0.2) is 14.5 Å². The number of hydrogen-bond acceptors (Lipinski definition) is 4. The van der Waals surface area contributed by atoms with E-state index in [1.54, 1.807) is 24.7 Å². The van der Waals surface area contributed by atoms with Crippen molar-refractivity contribution >= 4 is 5.97 Å². The van der Waals surface area contributed by atoms with Crippen molar-refractivity contribution < 1.29 is 14.6 Å². The number of carbonyl (C=O) groups is 1. The maximum absolute atomic E-state index is 11.5. The molecule has 0 radical (unpaired) electrons. The van der Waals surface area contributed by atoms with Gasteiger partial charge in [-0.05, 0) is 48.7 Å². The maximum atomic E-state index is 11.5. The van der Waals surface area contributed by atoms with Crippen molar-refractivity contribution in [2.75, 3.05) is 0 Å². The van der Waals surface area contributed by atoms with Crippen LogP contribution in [0.4, 0.5) is 0 Å². The molecule has 4 rings (SSSR count). The normalized spacial score (nSPS) is 10.7. The predicted molar refractivity (Wildman–Crippen MR) is 114 cm³/mol. The van der Waals surface area contributed by atoms with Crippen LogP contribution in [0.5, 0.6) is 5.75 Å². The van der Waals surface area contributed by atoms with Crippen LogP contribution in [0, 0.1) is 13.8 Å². The summed E-state index contributed by atoms with van der Waals surface area (Å²) in [6.45, 7) is 4.50. The summed E-state index contributed by atoms with van der Waals surface area (Å²) in [5, 5.41) is 13.8. The summed E-state index contributed by atoms with van der Waals surface area (Å²) in [5.41, 5.74) is 5.03. The molecule has 6 nitrogen and oxygen atoms in total. The molecule has 1 N–H and O–H groups in total. The number of benzene rings is 2. The SMILES string of the molecule is Cc1cc(C)c(OCc2ccccc2)c(-c2cnn(-c3ncccc3C(=O)O)c2)c1. The van der Waals surface area contributed by atoms with Gasteiger partial charge in [-0.15, -0.1) is 0 Å². The van der Waals surface area contributed by atoms with Crippen molar-refractivity contribution in [3.05, 3.63) is 95.4 Å². The highest BCUT2D eigenvalue weighted by Gasteiger charge is 2.17. The highest BCUT2D eigenvalue weighted by Crippen LogP contribution is 2.35. The molecule has 0 saturated heterocycles. The minimum Gasteiger partial charge on any atom is -0.488 e. The molecule has 0 amide bonds. The smallest absolute Gasteiger partial charge is 0.339 e. The highest BCUT2D eigenvalue weighted by molar-refractivity contribution is 5.91. The van der Waals surface area contributed by atoms with Crippen LogP contribution in [-0.4, -0.2) is 25.8 Å². The molecule has 2 heterocycles. The van der Waals surface area contributed by atoms with E-state index < -0.39 is 5.97 Å². The average Bonchev–Trinajstić information content (AvgIpc) is 3.23. The summed E-state index contributed by atoms with van der Waals surface area (Å²) in [7, 11) is 0. The lowest BCUT2D eigenvalue weighted by molar-refractivity contribution is 0.0696. The molecule has 0 fully saturated rings. The van der Waals surface area contributed by atoms with E-state index in [0.29, 0.717) is 6.61 Å². The Morgan fingerprint density at radius 1 is 1.10 bits per heavy atom. The van der Waals surface area contributed by atoms with Crippen molar-refractivity contribution in [1.82, 2.24) is 14.8 Å². The van der Waals surface area contributed by atoms with Gasteiger partial charge in [0.15, 0.2) is 5.82 Å². The molecular formula is C24H21N3O3. The third kappa shape index (κ3) is 3.93. The van der Waals surface area contributed by atoms with Gasteiger partial charge in [0.25, 0.3) is 0 Å². The Bertz CT molecular complexity index is 1200. The van der Waals surface area contributed by atoms with Gasteiger partial charge in [0, 0.05) is 23.5 Å². The Morgan fingerprint density at radius 3 is 2.67 bits per heavy atom. The Kier molecular flexibility index (Phi) is 5.30. The molecule has 0 aliphatic rings. The minimum atomic E-state index is -1.05. The summed E-state index contributed by atoms with van der Waals surface area (Å²) in [6, 6.07) is 17.2. The number of aromatic nitrogens is 3. The van der Waals surface area contributed by atoms with Crippen molar-refractivity contribution in [2.24, 2.45) is 0 Å². The second kappa shape index (κ2) is 8.21. The summed E-state index contributed by atoms with van der Waals surface area (Å²) < 4.78 is 7.68. The van der Waals surface area contributed by atoms with Crippen LogP contribution in [0.3, 0.4) is 0 Å². The molecule has 2 aromatic carbocycles. The second-order valence-corrected chi connectivity index (χ2v) is 7.09. The zero-order chi connectivity index (χ0) is 21.1. The zero-order valence-electron chi connectivity index (χ0n) is 16.7. The molecule has 6 heteroatoms. The molecule has 0 aliphatic heterocycles. The summed E-state index contributed by atoms with van der Waals surface area (Å²) in [5.74, 6) is 0.00398. The van der Waals surface area contributed by atoms with Crippen molar-refractivity contribution in [2.45, 2.75) is 20.5 Å². The molecule has 0 saturated carbocycles. The third-order valence-corrected chi connectivity index (χ3v) is 4.77. The van der Waals surface area contributed by atoms with Gasteiger partial charge in [-0.1, -0.05) is 36.4 Å². The number of hydrogen-bond donors (Lipinski definition) is 1. The van der Waals surface area contributed by atoms with E-state index in [9.17, 15) is 9.90 Å². The van der Waals surface area contributed by atoms with Crippen LogP contribution in [0.15, 0.2) is 73.2 Å². The fourth-order valence-corrected chi connectivity index (χ4v) is 3.41. The minimum absolute atomic E-state index is 0.0909. The lowest BCUT2D eigenvalue weighted by Gasteiger charge is -2.15. The number of rotatable bonds is 6. The van der Waals surface area contributed by atoms with Crippen LogP contribution >= 0.6 is 0 Å². The van der Waals surface area contributed by atoms with Gasteiger partial charge in [0.2, 0.25) is 0 Å². The highest BCUT2D eigenvalue weighted by atomic mass is 16.5. The molecule has 150 valence electrons. The number of aromatic carboxylic acids is 1.